The largest absolute Gasteiger partial charge is 0.492 e. The Morgan fingerprint density at radius 3 is 2.29 bits per heavy atom. The number of nitrogens with one attached hydrogen (secondary N) is 1. The molecule has 2 rings (SSSR count). The molecule has 0 saturated carbocycles. The summed E-state index contributed by atoms with van der Waals surface area (Å²) in [4.78, 5) is 11.7. The average Bonchev–Trinajstić information content (AvgIpc) is 2.61. The van der Waals surface area contributed by atoms with Gasteiger partial charge in [0.1, 0.15) is 12.4 Å². The Morgan fingerprint density at radius 2 is 1.71 bits per heavy atom. The highest BCUT2D eigenvalue weighted by atomic mass is 16.5. The van der Waals surface area contributed by atoms with Crippen LogP contribution in [-0.4, -0.2) is 25.0 Å². The van der Waals surface area contributed by atoms with Gasteiger partial charge >= 0.3 is 0 Å². The topological polar surface area (TPSA) is 38.3 Å². The molecular weight excluding hydrogens is 298 g/mol. The van der Waals surface area contributed by atoms with Gasteiger partial charge in [-0.3, -0.25) is 4.79 Å². The van der Waals surface area contributed by atoms with Crippen LogP contribution in [0.2, 0.25) is 0 Å². The Hall–Kier alpha value is -2.13. The van der Waals surface area contributed by atoms with Gasteiger partial charge in [-0.15, -0.1) is 0 Å². The van der Waals surface area contributed by atoms with E-state index in [1.807, 2.05) is 62.4 Å². The fraction of sp³-hybridized carbons (Fsp3) is 0.381. The van der Waals surface area contributed by atoms with Gasteiger partial charge in [0.25, 0.3) is 0 Å². The number of hydrogen-bond donors (Lipinski definition) is 1. The predicted molar refractivity (Wildman–Crippen MR) is 102 cm³/mol. The fourth-order valence-electron chi connectivity index (χ4n) is 2.20. The van der Waals surface area contributed by atoms with Gasteiger partial charge in [0, 0.05) is 18.2 Å². The lowest BCUT2D eigenvalue weighted by molar-refractivity contribution is 0.101. The van der Waals surface area contributed by atoms with E-state index in [-0.39, 0.29) is 5.78 Å². The maximum atomic E-state index is 11.7. The highest BCUT2D eigenvalue weighted by molar-refractivity contribution is 5.95. The summed E-state index contributed by atoms with van der Waals surface area (Å²) in [7, 11) is 0. The van der Waals surface area contributed by atoms with Gasteiger partial charge in [-0.25, -0.2) is 0 Å². The zero-order chi connectivity index (χ0) is 17.9. The van der Waals surface area contributed by atoms with Crippen LogP contribution in [0.25, 0.3) is 11.1 Å². The molecule has 3 nitrogen and oxygen atoms in total. The molecule has 0 unspecified atom stereocenters. The molecule has 0 heterocycles. The highest BCUT2D eigenvalue weighted by Gasteiger charge is 2.07. The van der Waals surface area contributed by atoms with Crippen LogP contribution in [0.1, 0.15) is 45.0 Å². The first-order valence-corrected chi connectivity index (χ1v) is 8.64. The minimum absolute atomic E-state index is 0.0444. The maximum absolute atomic E-state index is 11.7. The van der Waals surface area contributed by atoms with Crippen molar-refractivity contribution in [1.29, 1.82) is 0 Å². The number of ether oxygens (including phenoxy) is 1. The summed E-state index contributed by atoms with van der Waals surface area (Å²) in [6, 6.07) is 16.2. The molecule has 0 aliphatic rings. The molecular formula is C21H29NO2. The van der Waals surface area contributed by atoms with Crippen LogP contribution in [0.5, 0.6) is 5.75 Å². The Morgan fingerprint density at radius 1 is 1.04 bits per heavy atom. The molecule has 1 N–H and O–H groups in total. The zero-order valence-electron chi connectivity index (χ0n) is 15.4. The summed E-state index contributed by atoms with van der Waals surface area (Å²) in [6.07, 6.45) is 0. The SMILES string of the molecule is CC.CC(=O)c1cc(OCCNC(C)C)cc(-c2ccccc2)c1. The molecule has 24 heavy (non-hydrogen) atoms. The van der Waals surface area contributed by atoms with Crippen LogP contribution >= 0.6 is 0 Å². The van der Waals surface area contributed by atoms with E-state index >= 15 is 0 Å². The summed E-state index contributed by atoms with van der Waals surface area (Å²) in [5, 5.41) is 3.31. The van der Waals surface area contributed by atoms with Crippen molar-refractivity contribution in [3.63, 3.8) is 0 Å². The number of ketones is 1. The van der Waals surface area contributed by atoms with E-state index in [9.17, 15) is 4.79 Å². The summed E-state index contributed by atoms with van der Waals surface area (Å²) in [6.45, 7) is 11.1. The van der Waals surface area contributed by atoms with Crippen molar-refractivity contribution in [3.8, 4) is 16.9 Å². The molecule has 0 aliphatic carbocycles. The van der Waals surface area contributed by atoms with Crippen molar-refractivity contribution in [2.24, 2.45) is 0 Å². The van der Waals surface area contributed by atoms with E-state index in [2.05, 4.69) is 19.2 Å². The smallest absolute Gasteiger partial charge is 0.159 e. The molecule has 0 atom stereocenters. The lowest BCUT2D eigenvalue weighted by Crippen LogP contribution is -2.27. The van der Waals surface area contributed by atoms with Crippen LogP contribution in [-0.2, 0) is 0 Å². The molecule has 0 spiro atoms. The van der Waals surface area contributed by atoms with E-state index < -0.39 is 0 Å². The number of hydrogen-bond acceptors (Lipinski definition) is 3. The normalized spacial score (nSPS) is 10.1. The number of rotatable bonds is 7. The number of benzene rings is 2. The van der Waals surface area contributed by atoms with Crippen LogP contribution in [0.15, 0.2) is 48.5 Å². The van der Waals surface area contributed by atoms with Crippen LogP contribution in [0.3, 0.4) is 0 Å². The third-order valence-electron chi connectivity index (χ3n) is 3.34. The molecule has 0 aliphatic heterocycles. The molecule has 2 aromatic carbocycles. The van der Waals surface area contributed by atoms with Gasteiger partial charge in [-0.05, 0) is 36.2 Å². The lowest BCUT2D eigenvalue weighted by atomic mass is 10.0. The second kappa shape index (κ2) is 10.6. The summed E-state index contributed by atoms with van der Waals surface area (Å²) >= 11 is 0. The summed E-state index contributed by atoms with van der Waals surface area (Å²) < 4.78 is 5.79. The van der Waals surface area contributed by atoms with Crippen molar-refractivity contribution >= 4 is 5.78 Å². The second-order valence-corrected chi connectivity index (χ2v) is 5.63. The van der Waals surface area contributed by atoms with Crippen molar-refractivity contribution in [3.05, 3.63) is 54.1 Å². The maximum Gasteiger partial charge on any atom is 0.159 e. The lowest BCUT2D eigenvalue weighted by Gasteiger charge is -2.12. The van der Waals surface area contributed by atoms with Crippen molar-refractivity contribution in [2.45, 2.75) is 40.7 Å². The third kappa shape index (κ3) is 6.55. The predicted octanol–water partition coefficient (Wildman–Crippen LogP) is 4.96. The monoisotopic (exact) mass is 327 g/mol. The van der Waals surface area contributed by atoms with Crippen molar-refractivity contribution in [1.82, 2.24) is 5.32 Å². The van der Waals surface area contributed by atoms with Gasteiger partial charge in [-0.1, -0.05) is 58.0 Å². The Bertz CT molecular complexity index is 621. The molecule has 0 saturated heterocycles. The van der Waals surface area contributed by atoms with Crippen LogP contribution < -0.4 is 10.1 Å². The first kappa shape index (κ1) is 19.9. The first-order valence-electron chi connectivity index (χ1n) is 8.64. The van der Waals surface area contributed by atoms with Gasteiger partial charge in [0.05, 0.1) is 0 Å². The minimum Gasteiger partial charge on any atom is -0.492 e. The molecule has 130 valence electrons. The van der Waals surface area contributed by atoms with Crippen molar-refractivity contribution < 1.29 is 9.53 Å². The Labute approximate surface area is 146 Å². The van der Waals surface area contributed by atoms with Gasteiger partial charge in [0.2, 0.25) is 0 Å². The molecule has 0 aromatic heterocycles. The number of Topliss-reactive ketones (excluding diaryl/α,β-unsaturated/α-hetero) is 1. The summed E-state index contributed by atoms with van der Waals surface area (Å²) in [5.74, 6) is 0.778. The zero-order valence-corrected chi connectivity index (χ0v) is 15.4. The molecule has 0 amide bonds. The third-order valence-corrected chi connectivity index (χ3v) is 3.34. The summed E-state index contributed by atoms with van der Waals surface area (Å²) in [5.41, 5.74) is 2.75. The van der Waals surface area contributed by atoms with E-state index in [1.165, 1.54) is 0 Å². The fourth-order valence-corrected chi connectivity index (χ4v) is 2.20. The highest BCUT2D eigenvalue weighted by Crippen LogP contribution is 2.26. The van der Waals surface area contributed by atoms with Gasteiger partial charge in [-0.2, -0.15) is 0 Å². The van der Waals surface area contributed by atoms with Crippen molar-refractivity contribution in [2.75, 3.05) is 13.2 Å². The molecule has 0 bridgehead atoms. The van der Waals surface area contributed by atoms with Crippen LogP contribution in [0, 0.1) is 0 Å². The van der Waals surface area contributed by atoms with E-state index in [1.54, 1.807) is 6.92 Å². The standard InChI is InChI=1S/C19H23NO2.C2H6/c1-14(2)20-9-10-22-19-12-17(15(3)21)11-18(13-19)16-7-5-4-6-8-16;1-2/h4-8,11-14,20H,9-10H2,1-3H3;1-2H3. The van der Waals surface area contributed by atoms with E-state index in [0.29, 0.717) is 18.2 Å². The minimum atomic E-state index is 0.0444. The molecule has 0 fully saturated rings. The van der Waals surface area contributed by atoms with E-state index in [0.717, 1.165) is 23.4 Å². The Kier molecular flexibility index (Phi) is 8.80. The first-order chi connectivity index (χ1) is 11.6. The second-order valence-electron chi connectivity index (χ2n) is 5.63. The van der Waals surface area contributed by atoms with Gasteiger partial charge in [0.15, 0.2) is 5.78 Å². The quantitative estimate of drug-likeness (QED) is 0.577. The molecule has 2 aromatic rings. The number of carbonyl (C=O) groups excluding carboxylic acids is 1. The average molecular weight is 327 g/mol. The Balaban J connectivity index is 0.00000139. The van der Waals surface area contributed by atoms with E-state index in [4.69, 9.17) is 4.74 Å². The van der Waals surface area contributed by atoms with Crippen LogP contribution in [0.4, 0.5) is 0 Å². The molecule has 0 radical (unpaired) electrons. The molecule has 3 heteroatoms. The van der Waals surface area contributed by atoms with Gasteiger partial charge < -0.3 is 10.1 Å². The number of carbonyl (C=O) groups is 1.